The molecule has 164 valence electrons. The van der Waals surface area contributed by atoms with Gasteiger partial charge in [0.15, 0.2) is 11.5 Å². The Bertz CT molecular complexity index is 1350. The van der Waals surface area contributed by atoms with E-state index in [0.29, 0.717) is 41.1 Å². The van der Waals surface area contributed by atoms with Gasteiger partial charge in [0.2, 0.25) is 5.88 Å². The number of aromatic nitrogens is 5. The fourth-order valence-corrected chi connectivity index (χ4v) is 4.96. The van der Waals surface area contributed by atoms with Crippen molar-refractivity contribution in [1.82, 2.24) is 29.8 Å². The maximum atomic E-state index is 13.7. The van der Waals surface area contributed by atoms with Crippen LogP contribution in [0.25, 0.3) is 22.4 Å². The van der Waals surface area contributed by atoms with Gasteiger partial charge in [0.25, 0.3) is 5.91 Å². The monoisotopic (exact) mass is 438 g/mol. The first-order valence-corrected chi connectivity index (χ1v) is 11.1. The fraction of sp³-hybridized carbons (Fsp3) is 0.280. The molecular weight excluding hydrogens is 416 g/mol. The summed E-state index contributed by atoms with van der Waals surface area (Å²) in [7, 11) is 0. The molecule has 8 nitrogen and oxygen atoms in total. The van der Waals surface area contributed by atoms with Crippen molar-refractivity contribution in [3.63, 3.8) is 0 Å². The summed E-state index contributed by atoms with van der Waals surface area (Å²) in [6, 6.07) is 13.2. The molecule has 1 aliphatic heterocycles. The van der Waals surface area contributed by atoms with Crippen molar-refractivity contribution < 1.29 is 9.53 Å². The van der Waals surface area contributed by atoms with Gasteiger partial charge in [0.1, 0.15) is 11.8 Å². The first-order valence-electron chi connectivity index (χ1n) is 11.1. The van der Waals surface area contributed by atoms with Crippen LogP contribution in [0.15, 0.2) is 61.1 Å². The Morgan fingerprint density at radius 3 is 2.67 bits per heavy atom. The minimum Gasteiger partial charge on any atom is -0.472 e. The van der Waals surface area contributed by atoms with E-state index in [-0.39, 0.29) is 18.1 Å². The van der Waals surface area contributed by atoms with E-state index >= 15 is 0 Å². The van der Waals surface area contributed by atoms with E-state index in [1.54, 1.807) is 24.7 Å². The molecule has 0 radical (unpaired) electrons. The number of piperidine rings is 1. The lowest BCUT2D eigenvalue weighted by Gasteiger charge is -2.33. The summed E-state index contributed by atoms with van der Waals surface area (Å²) in [6.07, 6.45) is 6.78. The Morgan fingerprint density at radius 2 is 1.82 bits per heavy atom. The third kappa shape index (κ3) is 3.57. The second kappa shape index (κ2) is 7.88. The third-order valence-electron chi connectivity index (χ3n) is 6.44. The molecule has 4 aromatic rings. The molecule has 1 saturated carbocycles. The molecule has 1 aliphatic carbocycles. The normalized spacial score (nSPS) is 21.5. The van der Waals surface area contributed by atoms with Crippen molar-refractivity contribution in [1.29, 1.82) is 0 Å². The molecule has 0 aromatic carbocycles. The van der Waals surface area contributed by atoms with Gasteiger partial charge in [0.05, 0.1) is 11.6 Å². The maximum absolute atomic E-state index is 13.7. The van der Waals surface area contributed by atoms with Crippen LogP contribution in [0.2, 0.25) is 0 Å². The molecule has 1 saturated heterocycles. The molecule has 8 heteroatoms. The average Bonchev–Trinajstić information content (AvgIpc) is 3.45. The number of hydrogen-bond donors (Lipinski definition) is 0. The van der Waals surface area contributed by atoms with Gasteiger partial charge in [-0.1, -0.05) is 0 Å². The fourth-order valence-electron chi connectivity index (χ4n) is 4.96. The Hall–Kier alpha value is -3.94. The largest absolute Gasteiger partial charge is 0.472 e. The van der Waals surface area contributed by atoms with Crippen molar-refractivity contribution in [2.24, 2.45) is 5.92 Å². The van der Waals surface area contributed by atoms with Crippen LogP contribution in [-0.4, -0.2) is 54.4 Å². The quantitative estimate of drug-likeness (QED) is 0.481. The highest BCUT2D eigenvalue weighted by atomic mass is 16.5. The van der Waals surface area contributed by atoms with E-state index in [0.717, 1.165) is 23.9 Å². The molecule has 0 spiro atoms. The maximum Gasteiger partial charge on any atom is 0.273 e. The topological polar surface area (TPSA) is 94.0 Å². The van der Waals surface area contributed by atoms with Gasteiger partial charge in [-0.25, -0.2) is 19.9 Å². The van der Waals surface area contributed by atoms with E-state index in [1.165, 1.54) is 0 Å². The predicted octanol–water partition coefficient (Wildman–Crippen LogP) is 3.47. The number of rotatable bonds is 4. The van der Waals surface area contributed by atoms with E-state index in [9.17, 15) is 4.79 Å². The number of hydrogen-bond acceptors (Lipinski definition) is 7. The van der Waals surface area contributed by atoms with Crippen molar-refractivity contribution >= 4 is 16.9 Å². The van der Waals surface area contributed by atoms with Crippen LogP contribution in [-0.2, 0) is 0 Å². The number of fused-ring (bicyclic) bond motifs is 3. The summed E-state index contributed by atoms with van der Waals surface area (Å²) in [5.41, 5.74) is 2.47. The molecule has 2 aliphatic rings. The van der Waals surface area contributed by atoms with Gasteiger partial charge < -0.3 is 9.64 Å². The Morgan fingerprint density at radius 1 is 0.970 bits per heavy atom. The van der Waals surface area contributed by atoms with E-state index in [1.807, 2.05) is 48.2 Å². The summed E-state index contributed by atoms with van der Waals surface area (Å²) in [5, 5.41) is 0.968. The average molecular weight is 438 g/mol. The highest BCUT2D eigenvalue weighted by Crippen LogP contribution is 2.40. The van der Waals surface area contributed by atoms with Gasteiger partial charge in [-0.05, 0) is 62.1 Å². The molecule has 0 N–H and O–H groups in total. The lowest BCUT2D eigenvalue weighted by atomic mass is 10.1. The zero-order valence-corrected chi connectivity index (χ0v) is 18.1. The van der Waals surface area contributed by atoms with E-state index < -0.39 is 0 Å². The van der Waals surface area contributed by atoms with Crippen molar-refractivity contribution in [2.75, 3.05) is 6.54 Å². The standard InChI is InChI=1S/C25H22N6O2/c1-15-5-7-18(24-27-10-3-11-28-24)22(29-15)25(32)31-14-16-12-19(31)20(13-16)33-21-8-6-17-4-2-9-26-23(17)30-21/h2-11,16,19-20H,12-14H2,1H3. The molecule has 3 atom stereocenters. The second-order valence-corrected chi connectivity index (χ2v) is 8.64. The molecule has 1 amide bonds. The van der Waals surface area contributed by atoms with Crippen LogP contribution < -0.4 is 4.74 Å². The molecule has 33 heavy (non-hydrogen) atoms. The summed E-state index contributed by atoms with van der Waals surface area (Å²) >= 11 is 0. The van der Waals surface area contributed by atoms with Crippen LogP contribution >= 0.6 is 0 Å². The second-order valence-electron chi connectivity index (χ2n) is 8.64. The molecular formula is C25H22N6O2. The van der Waals surface area contributed by atoms with E-state index in [2.05, 4.69) is 24.9 Å². The molecule has 2 bridgehead atoms. The first-order chi connectivity index (χ1) is 16.2. The number of aryl methyl sites for hydroxylation is 1. The third-order valence-corrected chi connectivity index (χ3v) is 6.44. The number of carbonyl (C=O) groups is 1. The van der Waals surface area contributed by atoms with Crippen LogP contribution in [0.3, 0.4) is 0 Å². The summed E-state index contributed by atoms with van der Waals surface area (Å²) in [5.74, 6) is 1.34. The minimum atomic E-state index is -0.109. The number of pyridine rings is 3. The lowest BCUT2D eigenvalue weighted by Crippen LogP contribution is -2.47. The predicted molar refractivity (Wildman–Crippen MR) is 122 cm³/mol. The Balaban J connectivity index is 1.28. The molecule has 4 aromatic heterocycles. The highest BCUT2D eigenvalue weighted by molar-refractivity contribution is 5.98. The molecule has 6 rings (SSSR count). The Kier molecular flexibility index (Phi) is 4.71. The van der Waals surface area contributed by atoms with Gasteiger partial charge in [-0.2, -0.15) is 4.98 Å². The van der Waals surface area contributed by atoms with Crippen LogP contribution in [0.1, 0.15) is 29.0 Å². The number of likely N-dealkylation sites (tertiary alicyclic amines) is 1. The van der Waals surface area contributed by atoms with Crippen molar-refractivity contribution in [2.45, 2.75) is 31.9 Å². The molecule has 5 heterocycles. The van der Waals surface area contributed by atoms with Gasteiger partial charge in [-0.15, -0.1) is 0 Å². The van der Waals surface area contributed by atoms with Gasteiger partial charge >= 0.3 is 0 Å². The number of amides is 1. The van der Waals surface area contributed by atoms with Gasteiger partial charge in [-0.3, -0.25) is 4.79 Å². The van der Waals surface area contributed by atoms with Crippen LogP contribution in [0.5, 0.6) is 5.88 Å². The van der Waals surface area contributed by atoms with Crippen molar-refractivity contribution in [3.8, 4) is 17.3 Å². The molecule has 3 unspecified atom stereocenters. The summed E-state index contributed by atoms with van der Waals surface area (Å²) < 4.78 is 6.28. The SMILES string of the molecule is Cc1ccc(-c2ncccn2)c(C(=O)N2CC3CC(Oc4ccc5cccnc5n4)C2C3)n1. The first kappa shape index (κ1) is 19.7. The van der Waals surface area contributed by atoms with Crippen LogP contribution in [0, 0.1) is 12.8 Å². The number of carbonyl (C=O) groups excluding carboxylic acids is 1. The zero-order valence-electron chi connectivity index (χ0n) is 18.1. The highest BCUT2D eigenvalue weighted by Gasteiger charge is 2.49. The lowest BCUT2D eigenvalue weighted by molar-refractivity contribution is 0.0463. The van der Waals surface area contributed by atoms with Crippen LogP contribution in [0.4, 0.5) is 0 Å². The molecule has 2 fully saturated rings. The summed E-state index contributed by atoms with van der Waals surface area (Å²) in [4.78, 5) is 37.7. The smallest absolute Gasteiger partial charge is 0.273 e. The van der Waals surface area contributed by atoms with Gasteiger partial charge in [0, 0.05) is 42.3 Å². The number of ether oxygens (including phenoxy) is 1. The summed E-state index contributed by atoms with van der Waals surface area (Å²) in [6.45, 7) is 2.59. The van der Waals surface area contributed by atoms with Crippen molar-refractivity contribution in [3.05, 3.63) is 72.4 Å². The zero-order chi connectivity index (χ0) is 22.4. The number of nitrogens with zero attached hydrogens (tertiary/aromatic N) is 6. The Labute approximate surface area is 190 Å². The minimum absolute atomic E-state index is 0.0180. The van der Waals surface area contributed by atoms with E-state index in [4.69, 9.17) is 4.74 Å².